The van der Waals surface area contributed by atoms with Gasteiger partial charge in [0.1, 0.15) is 5.75 Å². The van der Waals surface area contributed by atoms with Crippen LogP contribution >= 0.6 is 0 Å². The van der Waals surface area contributed by atoms with E-state index < -0.39 is 0 Å². The fraction of sp³-hybridized carbons (Fsp3) is 0.364. The molecular formula is C11H11NO. The van der Waals surface area contributed by atoms with E-state index in [1.54, 1.807) is 0 Å². The summed E-state index contributed by atoms with van der Waals surface area (Å²) in [6.45, 7) is 2.70. The summed E-state index contributed by atoms with van der Waals surface area (Å²) in [6, 6.07) is 10.2. The van der Waals surface area contributed by atoms with Gasteiger partial charge in [-0.05, 0) is 6.07 Å². The van der Waals surface area contributed by atoms with Gasteiger partial charge in [0.25, 0.3) is 0 Å². The first kappa shape index (κ1) is 8.12. The maximum atomic E-state index is 8.71. The van der Waals surface area contributed by atoms with E-state index in [4.69, 9.17) is 10.00 Å². The molecule has 13 heavy (non-hydrogen) atoms. The number of nitrogens with zero attached hydrogens (tertiary/aromatic N) is 1. The van der Waals surface area contributed by atoms with Gasteiger partial charge in [0.15, 0.2) is 0 Å². The maximum Gasteiger partial charge on any atom is 0.123 e. The van der Waals surface area contributed by atoms with Crippen LogP contribution in [0.5, 0.6) is 5.75 Å². The zero-order chi connectivity index (χ0) is 9.31. The molecule has 0 aliphatic carbocycles. The number of para-hydroxylation sites is 1. The Morgan fingerprint density at radius 3 is 3.08 bits per heavy atom. The minimum Gasteiger partial charge on any atom is -0.492 e. The van der Waals surface area contributed by atoms with Crippen LogP contribution in [0.2, 0.25) is 0 Å². The highest BCUT2D eigenvalue weighted by molar-refractivity contribution is 5.43. The molecule has 0 aromatic heterocycles. The number of rotatable bonds is 1. The average Bonchev–Trinajstić information content (AvgIpc) is 2.46. The number of fused-ring (bicyclic) bond motifs is 1. The summed E-state index contributed by atoms with van der Waals surface area (Å²) in [4.78, 5) is 0. The van der Waals surface area contributed by atoms with Crippen LogP contribution in [-0.4, -0.2) is 6.61 Å². The zero-order valence-electron chi connectivity index (χ0n) is 7.58. The molecule has 0 spiro atoms. The summed E-state index contributed by atoms with van der Waals surface area (Å²) in [6.07, 6.45) is 0.518. The third kappa shape index (κ3) is 1.17. The van der Waals surface area contributed by atoms with E-state index in [-0.39, 0.29) is 5.41 Å². The molecule has 0 unspecified atom stereocenters. The van der Waals surface area contributed by atoms with Gasteiger partial charge in [0, 0.05) is 17.4 Å². The van der Waals surface area contributed by atoms with Crippen LogP contribution in [0.4, 0.5) is 0 Å². The minimum absolute atomic E-state index is 0.106. The van der Waals surface area contributed by atoms with Crippen LogP contribution in [0.1, 0.15) is 18.9 Å². The molecule has 0 amide bonds. The summed E-state index contributed by atoms with van der Waals surface area (Å²) in [5.41, 5.74) is 1.06. The largest absolute Gasteiger partial charge is 0.492 e. The number of ether oxygens (including phenoxy) is 1. The summed E-state index contributed by atoms with van der Waals surface area (Å²) >= 11 is 0. The van der Waals surface area contributed by atoms with Gasteiger partial charge in [0.2, 0.25) is 0 Å². The second-order valence-electron chi connectivity index (χ2n) is 3.68. The van der Waals surface area contributed by atoms with Gasteiger partial charge < -0.3 is 4.74 Å². The standard InChI is InChI=1S/C11H11NO/c1-11(6-7-12)8-13-10-5-3-2-4-9(10)11/h2-5H,6,8H2,1H3/t11-/m0/s1. The summed E-state index contributed by atoms with van der Waals surface area (Å²) < 4.78 is 5.52. The predicted octanol–water partition coefficient (Wildman–Crippen LogP) is 2.25. The van der Waals surface area contributed by atoms with Gasteiger partial charge in [-0.25, -0.2) is 0 Å². The molecule has 1 aliphatic heterocycles. The Balaban J connectivity index is 2.44. The van der Waals surface area contributed by atoms with Crippen molar-refractivity contribution < 1.29 is 4.74 Å². The van der Waals surface area contributed by atoms with E-state index in [0.29, 0.717) is 13.0 Å². The van der Waals surface area contributed by atoms with E-state index in [9.17, 15) is 0 Å². The molecule has 2 rings (SSSR count). The Hall–Kier alpha value is -1.49. The van der Waals surface area contributed by atoms with Crippen molar-refractivity contribution in [3.05, 3.63) is 29.8 Å². The Bertz CT molecular complexity index is 367. The van der Waals surface area contributed by atoms with Gasteiger partial charge in [-0.1, -0.05) is 25.1 Å². The van der Waals surface area contributed by atoms with Crippen molar-refractivity contribution in [3.8, 4) is 11.8 Å². The lowest BCUT2D eigenvalue weighted by Gasteiger charge is -2.17. The molecule has 1 aliphatic rings. The third-order valence-electron chi connectivity index (χ3n) is 2.55. The van der Waals surface area contributed by atoms with E-state index in [1.165, 1.54) is 0 Å². The van der Waals surface area contributed by atoms with Gasteiger partial charge >= 0.3 is 0 Å². The van der Waals surface area contributed by atoms with Crippen molar-refractivity contribution >= 4 is 0 Å². The van der Waals surface area contributed by atoms with E-state index in [0.717, 1.165) is 11.3 Å². The Labute approximate surface area is 77.8 Å². The van der Waals surface area contributed by atoms with Crippen LogP contribution < -0.4 is 4.74 Å². The van der Waals surface area contributed by atoms with Crippen molar-refractivity contribution in [1.29, 1.82) is 5.26 Å². The third-order valence-corrected chi connectivity index (χ3v) is 2.55. The molecule has 2 heteroatoms. The van der Waals surface area contributed by atoms with Gasteiger partial charge in [0.05, 0.1) is 12.7 Å². The lowest BCUT2D eigenvalue weighted by Crippen LogP contribution is -2.22. The maximum absolute atomic E-state index is 8.71. The van der Waals surface area contributed by atoms with Crippen LogP contribution in [0.15, 0.2) is 24.3 Å². The van der Waals surface area contributed by atoms with E-state index >= 15 is 0 Å². The van der Waals surface area contributed by atoms with Gasteiger partial charge in [-0.15, -0.1) is 0 Å². The van der Waals surface area contributed by atoms with Crippen LogP contribution in [-0.2, 0) is 5.41 Å². The first-order valence-electron chi connectivity index (χ1n) is 4.35. The van der Waals surface area contributed by atoms with Gasteiger partial charge in [-0.2, -0.15) is 5.26 Å². The van der Waals surface area contributed by atoms with Crippen molar-refractivity contribution in [1.82, 2.24) is 0 Å². The van der Waals surface area contributed by atoms with E-state index in [1.807, 2.05) is 24.3 Å². The molecule has 1 aromatic carbocycles. The fourth-order valence-electron chi connectivity index (χ4n) is 1.73. The highest BCUT2D eigenvalue weighted by Gasteiger charge is 2.35. The first-order chi connectivity index (χ1) is 6.26. The molecule has 0 bridgehead atoms. The molecule has 1 aromatic rings. The molecular weight excluding hydrogens is 162 g/mol. The van der Waals surface area contributed by atoms with Crippen molar-refractivity contribution in [2.45, 2.75) is 18.8 Å². The van der Waals surface area contributed by atoms with E-state index in [2.05, 4.69) is 13.0 Å². The predicted molar refractivity (Wildman–Crippen MR) is 49.5 cm³/mol. The van der Waals surface area contributed by atoms with Crippen molar-refractivity contribution in [3.63, 3.8) is 0 Å². The Kier molecular flexibility index (Phi) is 1.73. The monoisotopic (exact) mass is 173 g/mol. The molecule has 66 valence electrons. The molecule has 0 radical (unpaired) electrons. The minimum atomic E-state index is -0.106. The Morgan fingerprint density at radius 1 is 1.54 bits per heavy atom. The number of benzene rings is 1. The van der Waals surface area contributed by atoms with Crippen LogP contribution in [0, 0.1) is 11.3 Å². The molecule has 2 nitrogen and oxygen atoms in total. The SMILES string of the molecule is C[C@]1(CC#N)COc2ccccc21. The smallest absolute Gasteiger partial charge is 0.123 e. The molecule has 1 atom stereocenters. The number of hydrogen-bond donors (Lipinski definition) is 0. The van der Waals surface area contributed by atoms with Crippen LogP contribution in [0.25, 0.3) is 0 Å². The lowest BCUT2D eigenvalue weighted by molar-refractivity contribution is 0.280. The van der Waals surface area contributed by atoms with Gasteiger partial charge in [-0.3, -0.25) is 0 Å². The highest BCUT2D eigenvalue weighted by atomic mass is 16.5. The zero-order valence-corrected chi connectivity index (χ0v) is 7.58. The normalized spacial score (nSPS) is 24.6. The van der Waals surface area contributed by atoms with Crippen LogP contribution in [0.3, 0.4) is 0 Å². The second kappa shape index (κ2) is 2.77. The van der Waals surface area contributed by atoms with Crippen molar-refractivity contribution in [2.24, 2.45) is 0 Å². The average molecular weight is 173 g/mol. The summed E-state index contributed by atoms with van der Waals surface area (Å²) in [5, 5.41) is 8.71. The molecule has 0 saturated heterocycles. The number of hydrogen-bond acceptors (Lipinski definition) is 2. The molecule has 0 saturated carbocycles. The number of nitriles is 1. The fourth-order valence-corrected chi connectivity index (χ4v) is 1.73. The first-order valence-corrected chi connectivity index (χ1v) is 4.35. The summed E-state index contributed by atoms with van der Waals surface area (Å²) in [5.74, 6) is 0.931. The highest BCUT2D eigenvalue weighted by Crippen LogP contribution is 2.40. The molecule has 1 heterocycles. The quantitative estimate of drug-likeness (QED) is 0.652. The second-order valence-corrected chi connectivity index (χ2v) is 3.68. The van der Waals surface area contributed by atoms with Crippen molar-refractivity contribution in [2.75, 3.05) is 6.61 Å². The lowest BCUT2D eigenvalue weighted by atomic mass is 9.82. The molecule has 0 fully saturated rings. The topological polar surface area (TPSA) is 33.0 Å². The Morgan fingerprint density at radius 2 is 2.31 bits per heavy atom. The molecule has 0 N–H and O–H groups in total. The summed E-state index contributed by atoms with van der Waals surface area (Å²) in [7, 11) is 0.